The van der Waals surface area contributed by atoms with Crippen molar-refractivity contribution in [1.82, 2.24) is 9.78 Å². The number of carbonyl (C=O) groups is 1. The van der Waals surface area contributed by atoms with Gasteiger partial charge in [0.15, 0.2) is 0 Å². The molecule has 1 aliphatic heterocycles. The number of ether oxygens (including phenoxy) is 1. The van der Waals surface area contributed by atoms with Crippen LogP contribution in [0.4, 0.5) is 11.5 Å². The largest absolute Gasteiger partial charge is 0.399 e. The van der Waals surface area contributed by atoms with Crippen LogP contribution in [0.25, 0.3) is 0 Å². The van der Waals surface area contributed by atoms with Crippen LogP contribution >= 0.6 is 0 Å². The Morgan fingerprint density at radius 3 is 2.86 bits per heavy atom. The number of aromatic nitrogens is 2. The molecule has 0 spiro atoms. The Labute approximate surface area is 129 Å². The van der Waals surface area contributed by atoms with E-state index >= 15 is 0 Å². The van der Waals surface area contributed by atoms with Crippen LogP contribution in [-0.2, 0) is 11.8 Å². The molecule has 6 nitrogen and oxygen atoms in total. The highest BCUT2D eigenvalue weighted by Gasteiger charge is 2.20. The fourth-order valence-corrected chi connectivity index (χ4v) is 2.67. The van der Waals surface area contributed by atoms with Crippen molar-refractivity contribution >= 4 is 17.4 Å². The van der Waals surface area contributed by atoms with E-state index in [0.29, 0.717) is 23.0 Å². The first-order valence-electron chi connectivity index (χ1n) is 7.42. The van der Waals surface area contributed by atoms with Crippen LogP contribution in [0.3, 0.4) is 0 Å². The third-order valence-electron chi connectivity index (χ3n) is 3.93. The number of rotatable bonds is 3. The van der Waals surface area contributed by atoms with Gasteiger partial charge < -0.3 is 15.8 Å². The summed E-state index contributed by atoms with van der Waals surface area (Å²) >= 11 is 0. The van der Waals surface area contributed by atoms with Crippen LogP contribution in [0.5, 0.6) is 0 Å². The number of amides is 1. The summed E-state index contributed by atoms with van der Waals surface area (Å²) in [7, 11) is 1.83. The van der Waals surface area contributed by atoms with Gasteiger partial charge in [0.1, 0.15) is 5.82 Å². The molecule has 22 heavy (non-hydrogen) atoms. The average molecular weight is 300 g/mol. The normalized spacial score (nSPS) is 15.7. The molecule has 1 aromatic heterocycles. The zero-order valence-electron chi connectivity index (χ0n) is 12.6. The minimum Gasteiger partial charge on any atom is -0.399 e. The van der Waals surface area contributed by atoms with Gasteiger partial charge >= 0.3 is 0 Å². The number of benzene rings is 1. The van der Waals surface area contributed by atoms with Gasteiger partial charge in [-0.05, 0) is 31.0 Å². The highest BCUT2D eigenvalue weighted by molar-refractivity contribution is 6.04. The van der Waals surface area contributed by atoms with Crippen molar-refractivity contribution < 1.29 is 9.53 Å². The van der Waals surface area contributed by atoms with Gasteiger partial charge in [0.05, 0.1) is 5.69 Å². The third-order valence-corrected chi connectivity index (χ3v) is 3.93. The first kappa shape index (κ1) is 14.6. The highest BCUT2D eigenvalue weighted by Crippen LogP contribution is 2.27. The molecule has 1 amide bonds. The number of nitrogen functional groups attached to an aromatic ring is 1. The van der Waals surface area contributed by atoms with E-state index < -0.39 is 0 Å². The first-order chi connectivity index (χ1) is 10.6. The van der Waals surface area contributed by atoms with E-state index in [9.17, 15) is 4.79 Å². The Morgan fingerprint density at radius 2 is 2.14 bits per heavy atom. The molecule has 116 valence electrons. The molecule has 0 unspecified atom stereocenters. The molecule has 0 atom stereocenters. The second kappa shape index (κ2) is 6.19. The van der Waals surface area contributed by atoms with Gasteiger partial charge in [0.25, 0.3) is 5.91 Å². The van der Waals surface area contributed by atoms with Crippen LogP contribution in [0.15, 0.2) is 30.3 Å². The van der Waals surface area contributed by atoms with E-state index in [-0.39, 0.29) is 5.91 Å². The summed E-state index contributed by atoms with van der Waals surface area (Å²) in [6, 6.07) is 8.86. The molecule has 0 aliphatic carbocycles. The lowest BCUT2D eigenvalue weighted by atomic mass is 9.97. The van der Waals surface area contributed by atoms with Gasteiger partial charge in [0.2, 0.25) is 0 Å². The summed E-state index contributed by atoms with van der Waals surface area (Å²) in [6.07, 6.45) is 1.94. The molecule has 3 N–H and O–H groups in total. The van der Waals surface area contributed by atoms with E-state index in [1.807, 2.05) is 13.1 Å². The van der Waals surface area contributed by atoms with Crippen molar-refractivity contribution in [1.29, 1.82) is 0 Å². The van der Waals surface area contributed by atoms with Gasteiger partial charge in [-0.1, -0.05) is 6.07 Å². The summed E-state index contributed by atoms with van der Waals surface area (Å²) < 4.78 is 7.08. The number of nitrogens with two attached hydrogens (primary N) is 1. The van der Waals surface area contributed by atoms with Crippen LogP contribution < -0.4 is 11.1 Å². The number of carbonyl (C=O) groups excluding carboxylic acids is 1. The maximum atomic E-state index is 12.3. The number of hydrogen-bond acceptors (Lipinski definition) is 4. The number of anilines is 2. The molecule has 0 radical (unpaired) electrons. The van der Waals surface area contributed by atoms with Crippen LogP contribution in [0.1, 0.15) is 34.8 Å². The third kappa shape index (κ3) is 3.12. The Bertz CT molecular complexity index is 675. The SMILES string of the molecule is Cn1nc(C2CCOCC2)cc1NC(=O)c1cccc(N)c1. The smallest absolute Gasteiger partial charge is 0.256 e. The summed E-state index contributed by atoms with van der Waals surface area (Å²) in [4.78, 5) is 12.3. The number of nitrogens with zero attached hydrogens (tertiary/aromatic N) is 2. The fraction of sp³-hybridized carbons (Fsp3) is 0.375. The monoisotopic (exact) mass is 300 g/mol. The van der Waals surface area contributed by atoms with E-state index in [1.165, 1.54) is 0 Å². The quantitative estimate of drug-likeness (QED) is 0.851. The Morgan fingerprint density at radius 1 is 1.36 bits per heavy atom. The highest BCUT2D eigenvalue weighted by atomic mass is 16.5. The predicted octanol–water partition coefficient (Wildman–Crippen LogP) is 2.15. The number of nitrogens with one attached hydrogen (secondary N) is 1. The number of hydrogen-bond donors (Lipinski definition) is 2. The Kier molecular flexibility index (Phi) is 4.11. The van der Waals surface area contributed by atoms with Crippen LogP contribution in [0.2, 0.25) is 0 Å². The van der Waals surface area contributed by atoms with Crippen molar-refractivity contribution in [3.8, 4) is 0 Å². The molecule has 1 aromatic carbocycles. The van der Waals surface area contributed by atoms with Gasteiger partial charge in [-0.2, -0.15) is 5.10 Å². The molecule has 2 heterocycles. The van der Waals surface area contributed by atoms with Crippen LogP contribution in [0, 0.1) is 0 Å². The fourth-order valence-electron chi connectivity index (χ4n) is 2.67. The minimum atomic E-state index is -0.186. The lowest BCUT2D eigenvalue weighted by molar-refractivity contribution is 0.0844. The second-order valence-corrected chi connectivity index (χ2v) is 5.54. The summed E-state index contributed by atoms with van der Waals surface area (Å²) in [6.45, 7) is 1.54. The molecule has 6 heteroatoms. The van der Waals surface area contributed by atoms with E-state index in [4.69, 9.17) is 10.5 Å². The van der Waals surface area contributed by atoms with Gasteiger partial charge in [-0.25, -0.2) is 0 Å². The standard InChI is InChI=1S/C16H20N4O2/c1-20-15(10-14(19-20)11-5-7-22-8-6-11)18-16(21)12-3-2-4-13(17)9-12/h2-4,9-11H,5-8,17H2,1H3,(H,18,21). The zero-order chi connectivity index (χ0) is 15.5. The average Bonchev–Trinajstić information content (AvgIpc) is 2.89. The maximum Gasteiger partial charge on any atom is 0.256 e. The van der Waals surface area contributed by atoms with Crippen molar-refractivity contribution in [3.63, 3.8) is 0 Å². The van der Waals surface area contributed by atoms with Crippen molar-refractivity contribution in [2.24, 2.45) is 7.05 Å². The summed E-state index contributed by atoms with van der Waals surface area (Å²) in [5.41, 5.74) is 7.83. The summed E-state index contributed by atoms with van der Waals surface area (Å²) in [5, 5.41) is 7.41. The van der Waals surface area contributed by atoms with E-state index in [2.05, 4.69) is 10.4 Å². The summed E-state index contributed by atoms with van der Waals surface area (Å²) in [5.74, 6) is 0.903. The molecular weight excluding hydrogens is 280 g/mol. The maximum absolute atomic E-state index is 12.3. The molecule has 0 bridgehead atoms. The predicted molar refractivity (Wildman–Crippen MR) is 84.8 cm³/mol. The molecule has 3 rings (SSSR count). The van der Waals surface area contributed by atoms with Crippen molar-refractivity contribution in [2.75, 3.05) is 24.3 Å². The van der Waals surface area contributed by atoms with Crippen LogP contribution in [-0.4, -0.2) is 28.9 Å². The molecule has 1 saturated heterocycles. The van der Waals surface area contributed by atoms with Gasteiger partial charge in [0, 0.05) is 43.5 Å². The topological polar surface area (TPSA) is 82.2 Å². The lowest BCUT2D eigenvalue weighted by Crippen LogP contribution is -2.14. The minimum absolute atomic E-state index is 0.186. The van der Waals surface area contributed by atoms with Crippen molar-refractivity contribution in [2.45, 2.75) is 18.8 Å². The molecule has 0 saturated carbocycles. The molecule has 1 fully saturated rings. The first-order valence-corrected chi connectivity index (χ1v) is 7.42. The lowest BCUT2D eigenvalue weighted by Gasteiger charge is -2.19. The molecule has 2 aromatic rings. The Hall–Kier alpha value is -2.34. The van der Waals surface area contributed by atoms with Gasteiger partial charge in [-0.15, -0.1) is 0 Å². The van der Waals surface area contributed by atoms with Crippen molar-refractivity contribution in [3.05, 3.63) is 41.6 Å². The van der Waals surface area contributed by atoms with E-state index in [1.54, 1.807) is 28.9 Å². The van der Waals surface area contributed by atoms with E-state index in [0.717, 1.165) is 31.7 Å². The Balaban J connectivity index is 1.75. The second-order valence-electron chi connectivity index (χ2n) is 5.54. The zero-order valence-corrected chi connectivity index (χ0v) is 12.6. The van der Waals surface area contributed by atoms with Gasteiger partial charge in [-0.3, -0.25) is 9.48 Å². The molecule has 1 aliphatic rings. The molecular formula is C16H20N4O2. The number of aryl methyl sites for hydroxylation is 1.